The molecule has 5 nitrogen and oxygen atoms in total. The molecule has 6 heteroatoms. The average Bonchev–Trinajstić information content (AvgIpc) is 3.17. The van der Waals surface area contributed by atoms with Crippen molar-refractivity contribution in [2.24, 2.45) is 5.41 Å². The number of amides is 2. The molecule has 158 valence electrons. The Kier molecular flexibility index (Phi) is 7.08. The molecule has 2 aromatic carbocycles. The van der Waals surface area contributed by atoms with Crippen molar-refractivity contribution in [3.05, 3.63) is 64.1 Å². The molecule has 3 rings (SSSR count). The lowest BCUT2D eigenvalue weighted by molar-refractivity contribution is -0.131. The van der Waals surface area contributed by atoms with E-state index < -0.39 is 0 Å². The number of carbonyl (C=O) groups excluding carboxylic acids is 3. The molecule has 0 aromatic heterocycles. The zero-order valence-corrected chi connectivity index (χ0v) is 19.0. The normalized spacial score (nSPS) is 14.9. The summed E-state index contributed by atoms with van der Waals surface area (Å²) >= 11 is 3.42. The molecular formula is C24H27BrN2O3. The number of anilines is 1. The predicted octanol–water partition coefficient (Wildman–Crippen LogP) is 5.05. The van der Waals surface area contributed by atoms with Crippen molar-refractivity contribution >= 4 is 39.2 Å². The molecule has 0 bridgehead atoms. The van der Waals surface area contributed by atoms with Crippen LogP contribution in [0.15, 0.2) is 53.0 Å². The van der Waals surface area contributed by atoms with Gasteiger partial charge in [-0.2, -0.15) is 0 Å². The minimum atomic E-state index is -0.301. The van der Waals surface area contributed by atoms with Gasteiger partial charge >= 0.3 is 0 Å². The van der Waals surface area contributed by atoms with Crippen molar-refractivity contribution in [2.75, 3.05) is 19.4 Å². The van der Waals surface area contributed by atoms with Crippen LogP contribution in [0, 0.1) is 5.41 Å². The van der Waals surface area contributed by atoms with Gasteiger partial charge in [-0.15, -0.1) is 0 Å². The first kappa shape index (κ1) is 22.2. The third kappa shape index (κ3) is 5.36. The van der Waals surface area contributed by atoms with Crippen LogP contribution in [0.5, 0.6) is 0 Å². The fourth-order valence-electron chi connectivity index (χ4n) is 4.11. The van der Waals surface area contributed by atoms with Gasteiger partial charge in [0.25, 0.3) is 0 Å². The standard InChI is InChI=1S/C24H27BrN2O3/c1-27(2)22(29)16-24(12-6-7-13-24)15-21(28)26-20-11-10-18(25)14-19(20)23(30)17-8-4-3-5-9-17/h3-5,8-11,14H,6-7,12-13,15-16H2,1-2H3,(H,26,28). The molecule has 0 saturated heterocycles. The first-order valence-corrected chi connectivity index (χ1v) is 11.0. The molecule has 0 spiro atoms. The van der Waals surface area contributed by atoms with Crippen LogP contribution in [0.1, 0.15) is 54.4 Å². The van der Waals surface area contributed by atoms with Crippen LogP contribution >= 0.6 is 15.9 Å². The van der Waals surface area contributed by atoms with Crippen LogP contribution in [-0.4, -0.2) is 36.6 Å². The quantitative estimate of drug-likeness (QED) is 0.575. The van der Waals surface area contributed by atoms with Crippen molar-refractivity contribution in [1.29, 1.82) is 0 Å². The number of nitrogens with one attached hydrogen (secondary N) is 1. The molecule has 1 aliphatic carbocycles. The Balaban J connectivity index is 1.79. The van der Waals surface area contributed by atoms with E-state index in [9.17, 15) is 14.4 Å². The van der Waals surface area contributed by atoms with Gasteiger partial charge in [-0.3, -0.25) is 14.4 Å². The molecule has 0 radical (unpaired) electrons. The van der Waals surface area contributed by atoms with Gasteiger partial charge in [0.05, 0.1) is 5.69 Å². The van der Waals surface area contributed by atoms with E-state index in [0.29, 0.717) is 23.2 Å². The van der Waals surface area contributed by atoms with Gasteiger partial charge < -0.3 is 10.2 Å². The summed E-state index contributed by atoms with van der Waals surface area (Å²) in [4.78, 5) is 39.9. The van der Waals surface area contributed by atoms with Gasteiger partial charge in [0.2, 0.25) is 11.8 Å². The molecule has 1 saturated carbocycles. The Bertz CT molecular complexity index is 935. The zero-order chi connectivity index (χ0) is 21.7. The van der Waals surface area contributed by atoms with Crippen molar-refractivity contribution in [3.63, 3.8) is 0 Å². The summed E-state index contributed by atoms with van der Waals surface area (Å²) in [7, 11) is 3.49. The second-order valence-electron chi connectivity index (χ2n) is 8.28. The highest BCUT2D eigenvalue weighted by Gasteiger charge is 2.38. The zero-order valence-electron chi connectivity index (χ0n) is 17.4. The van der Waals surface area contributed by atoms with Crippen LogP contribution in [0.3, 0.4) is 0 Å². The molecule has 1 N–H and O–H groups in total. The lowest BCUT2D eigenvalue weighted by Crippen LogP contribution is -2.32. The number of hydrogen-bond acceptors (Lipinski definition) is 3. The van der Waals surface area contributed by atoms with Gasteiger partial charge in [0.15, 0.2) is 5.78 Å². The van der Waals surface area contributed by atoms with Crippen molar-refractivity contribution in [2.45, 2.75) is 38.5 Å². The number of halogens is 1. The van der Waals surface area contributed by atoms with Gasteiger partial charge in [0, 0.05) is 42.5 Å². The Labute approximate surface area is 186 Å². The molecule has 0 atom stereocenters. The summed E-state index contributed by atoms with van der Waals surface area (Å²) < 4.78 is 0.767. The van der Waals surface area contributed by atoms with Crippen LogP contribution in [0.4, 0.5) is 5.69 Å². The van der Waals surface area contributed by atoms with Gasteiger partial charge in [-0.1, -0.05) is 59.1 Å². The monoisotopic (exact) mass is 470 g/mol. The van der Waals surface area contributed by atoms with E-state index in [1.165, 1.54) is 0 Å². The summed E-state index contributed by atoms with van der Waals surface area (Å²) in [6.07, 6.45) is 4.46. The third-order valence-corrected chi connectivity index (χ3v) is 6.25. The van der Waals surface area contributed by atoms with E-state index >= 15 is 0 Å². The minimum Gasteiger partial charge on any atom is -0.349 e. The summed E-state index contributed by atoms with van der Waals surface area (Å²) in [6.45, 7) is 0. The van der Waals surface area contributed by atoms with Crippen molar-refractivity contribution in [3.8, 4) is 0 Å². The van der Waals surface area contributed by atoms with E-state index in [1.807, 2.05) is 18.2 Å². The molecule has 0 aliphatic heterocycles. The van der Waals surface area contributed by atoms with Crippen LogP contribution in [0.2, 0.25) is 0 Å². The Hall–Kier alpha value is -2.47. The first-order chi connectivity index (χ1) is 14.3. The summed E-state index contributed by atoms with van der Waals surface area (Å²) in [5, 5.41) is 2.94. The van der Waals surface area contributed by atoms with Gasteiger partial charge in [-0.05, 0) is 36.5 Å². The van der Waals surface area contributed by atoms with Crippen molar-refractivity contribution < 1.29 is 14.4 Å². The summed E-state index contributed by atoms with van der Waals surface area (Å²) in [6, 6.07) is 14.3. The summed E-state index contributed by atoms with van der Waals surface area (Å²) in [5.74, 6) is -0.258. The number of ketones is 1. The summed E-state index contributed by atoms with van der Waals surface area (Å²) in [5.41, 5.74) is 1.19. The van der Waals surface area contributed by atoms with E-state index in [2.05, 4.69) is 21.2 Å². The number of benzene rings is 2. The molecule has 1 fully saturated rings. The topological polar surface area (TPSA) is 66.5 Å². The molecule has 2 aromatic rings. The fraction of sp³-hybridized carbons (Fsp3) is 0.375. The Morgan fingerprint density at radius 1 is 1.00 bits per heavy atom. The largest absolute Gasteiger partial charge is 0.349 e. The third-order valence-electron chi connectivity index (χ3n) is 5.76. The molecule has 30 heavy (non-hydrogen) atoms. The molecule has 0 heterocycles. The number of hydrogen-bond donors (Lipinski definition) is 1. The van der Waals surface area contributed by atoms with Crippen LogP contribution in [0.25, 0.3) is 0 Å². The number of rotatable bonds is 7. The highest BCUT2D eigenvalue weighted by atomic mass is 79.9. The lowest BCUT2D eigenvalue weighted by atomic mass is 9.78. The SMILES string of the molecule is CN(C)C(=O)CC1(CC(=O)Nc2ccc(Br)cc2C(=O)c2ccccc2)CCCC1. The Morgan fingerprint density at radius 3 is 2.30 bits per heavy atom. The minimum absolute atomic E-state index is 0.0493. The predicted molar refractivity (Wildman–Crippen MR) is 121 cm³/mol. The average molecular weight is 471 g/mol. The van der Waals surface area contributed by atoms with E-state index in [4.69, 9.17) is 0 Å². The maximum atomic E-state index is 13.0. The van der Waals surface area contributed by atoms with Gasteiger partial charge in [-0.25, -0.2) is 0 Å². The first-order valence-electron chi connectivity index (χ1n) is 10.2. The second kappa shape index (κ2) is 9.56. The molecule has 2 amide bonds. The van der Waals surface area contributed by atoms with E-state index in [0.717, 1.165) is 30.2 Å². The molecule has 0 unspecified atom stereocenters. The fourth-order valence-corrected chi connectivity index (χ4v) is 4.47. The molecule has 1 aliphatic rings. The highest BCUT2D eigenvalue weighted by Crippen LogP contribution is 2.44. The van der Waals surface area contributed by atoms with Crippen molar-refractivity contribution in [1.82, 2.24) is 4.90 Å². The van der Waals surface area contributed by atoms with Gasteiger partial charge in [0.1, 0.15) is 0 Å². The second-order valence-corrected chi connectivity index (χ2v) is 9.20. The lowest BCUT2D eigenvalue weighted by Gasteiger charge is -2.29. The highest BCUT2D eigenvalue weighted by molar-refractivity contribution is 9.10. The van der Waals surface area contributed by atoms with Crippen LogP contribution < -0.4 is 5.32 Å². The maximum absolute atomic E-state index is 13.0. The number of nitrogens with zero attached hydrogens (tertiary/aromatic N) is 1. The van der Waals surface area contributed by atoms with E-state index in [1.54, 1.807) is 49.3 Å². The Morgan fingerprint density at radius 2 is 1.67 bits per heavy atom. The molecular weight excluding hydrogens is 444 g/mol. The van der Waals surface area contributed by atoms with E-state index in [-0.39, 0.29) is 29.4 Å². The maximum Gasteiger partial charge on any atom is 0.224 e. The number of carbonyl (C=O) groups is 3. The smallest absolute Gasteiger partial charge is 0.224 e. The van der Waals surface area contributed by atoms with Crippen LogP contribution in [-0.2, 0) is 9.59 Å².